The molecule has 0 fully saturated rings. The van der Waals surface area contributed by atoms with Crippen molar-refractivity contribution in [3.05, 3.63) is 53.8 Å². The van der Waals surface area contributed by atoms with Crippen LogP contribution >= 0.6 is 15.9 Å². The number of methoxy groups -OCH3 is 1. The summed E-state index contributed by atoms with van der Waals surface area (Å²) in [5.74, 6) is -0.661. The number of carbonyl (C=O) groups excluding carboxylic acids is 1. The monoisotopic (exact) mass is 486 g/mol. The van der Waals surface area contributed by atoms with Gasteiger partial charge in [-0.05, 0) is 42.5 Å². The molecule has 0 radical (unpaired) electrons. The quantitative estimate of drug-likeness (QED) is 0.456. The molecule has 2 heterocycles. The Kier molecular flexibility index (Phi) is 5.55. The molecule has 3 N–H and O–H groups in total. The molecule has 9 nitrogen and oxygen atoms in total. The first-order valence-electron chi connectivity index (χ1n) is 9.29. The fourth-order valence-corrected chi connectivity index (χ4v) is 4.18. The second kappa shape index (κ2) is 8.31. The molecule has 0 spiro atoms. The fraction of sp³-hybridized carbons (Fsp3) is 0.190. The van der Waals surface area contributed by atoms with Crippen LogP contribution in [0.4, 0.5) is 16.2 Å². The molecular weight excluding hydrogens is 468 g/mol. The zero-order valence-corrected chi connectivity index (χ0v) is 18.2. The van der Waals surface area contributed by atoms with Crippen LogP contribution in [0, 0.1) is 0 Å². The van der Waals surface area contributed by atoms with Crippen LogP contribution < -0.4 is 15.4 Å². The molecule has 160 valence electrons. The first-order valence-corrected chi connectivity index (χ1v) is 10.2. The van der Waals surface area contributed by atoms with Gasteiger partial charge in [-0.15, -0.1) is 0 Å². The number of ether oxygens (including phenoxy) is 1. The second-order valence-electron chi connectivity index (χ2n) is 6.93. The van der Waals surface area contributed by atoms with E-state index in [1.807, 2.05) is 7.05 Å². The Morgan fingerprint density at radius 1 is 1.16 bits per heavy atom. The molecule has 0 saturated heterocycles. The van der Waals surface area contributed by atoms with Crippen molar-refractivity contribution in [2.24, 2.45) is 5.10 Å². The summed E-state index contributed by atoms with van der Waals surface area (Å²) in [4.78, 5) is 23.8. The van der Waals surface area contributed by atoms with Gasteiger partial charge >= 0.3 is 12.0 Å². The van der Waals surface area contributed by atoms with Crippen molar-refractivity contribution in [2.45, 2.75) is 10.9 Å². The number of fused-ring (bicyclic) bond motifs is 1. The van der Waals surface area contributed by atoms with Crippen LogP contribution in [0.5, 0.6) is 5.75 Å². The first kappa shape index (κ1) is 20.7. The minimum Gasteiger partial charge on any atom is -0.497 e. The Morgan fingerprint density at radius 2 is 1.87 bits per heavy atom. The van der Waals surface area contributed by atoms with E-state index in [1.54, 1.807) is 54.7 Å². The lowest BCUT2D eigenvalue weighted by molar-refractivity contribution is 0.0665. The van der Waals surface area contributed by atoms with Crippen LogP contribution in [-0.2, 0) is 0 Å². The molecule has 1 aromatic heterocycles. The van der Waals surface area contributed by atoms with E-state index in [-0.39, 0.29) is 16.6 Å². The third-order valence-electron chi connectivity index (χ3n) is 4.88. The number of halogens is 1. The van der Waals surface area contributed by atoms with Gasteiger partial charge in [-0.25, -0.2) is 9.59 Å². The van der Waals surface area contributed by atoms with E-state index in [2.05, 4.69) is 31.7 Å². The molecule has 0 saturated carbocycles. The zero-order chi connectivity index (χ0) is 22.1. The SMILES string of the molecule is COc1ccc(NC(=O)Nc2cc(C3C(Br)C=NN3C)c3oc(C(=O)O)cc3c2)cc1. The minimum atomic E-state index is -1.17. The molecule has 4 rings (SSSR count). The predicted octanol–water partition coefficient (Wildman–Crippen LogP) is 4.52. The lowest BCUT2D eigenvalue weighted by Gasteiger charge is -2.23. The second-order valence-corrected chi connectivity index (χ2v) is 7.99. The molecule has 2 aromatic carbocycles. The van der Waals surface area contributed by atoms with Gasteiger partial charge in [-0.3, -0.25) is 5.01 Å². The van der Waals surface area contributed by atoms with Crippen LogP contribution in [-0.4, -0.2) is 47.3 Å². The van der Waals surface area contributed by atoms with Crippen molar-refractivity contribution >= 4 is 56.5 Å². The van der Waals surface area contributed by atoms with Crippen molar-refractivity contribution in [3.8, 4) is 5.75 Å². The third-order valence-corrected chi connectivity index (χ3v) is 5.61. The highest BCUT2D eigenvalue weighted by atomic mass is 79.9. The number of amides is 2. The van der Waals surface area contributed by atoms with Gasteiger partial charge in [0.1, 0.15) is 11.3 Å². The van der Waals surface area contributed by atoms with Crippen molar-refractivity contribution in [1.29, 1.82) is 0 Å². The molecule has 2 atom stereocenters. The van der Waals surface area contributed by atoms with Crippen molar-refractivity contribution in [1.82, 2.24) is 5.01 Å². The lowest BCUT2D eigenvalue weighted by atomic mass is 10.0. The lowest BCUT2D eigenvalue weighted by Crippen LogP contribution is -2.22. The number of rotatable bonds is 5. The van der Waals surface area contributed by atoms with E-state index < -0.39 is 12.0 Å². The Labute approximate surface area is 185 Å². The van der Waals surface area contributed by atoms with Gasteiger partial charge in [-0.1, -0.05) is 15.9 Å². The number of alkyl halides is 1. The minimum absolute atomic E-state index is 0.109. The van der Waals surface area contributed by atoms with Crippen molar-refractivity contribution < 1.29 is 23.8 Å². The summed E-state index contributed by atoms with van der Waals surface area (Å²) in [6.45, 7) is 0. The van der Waals surface area contributed by atoms with Gasteiger partial charge in [0.2, 0.25) is 5.76 Å². The highest BCUT2D eigenvalue weighted by Crippen LogP contribution is 2.38. The largest absolute Gasteiger partial charge is 0.497 e. The van der Waals surface area contributed by atoms with Gasteiger partial charge in [-0.2, -0.15) is 5.10 Å². The molecule has 0 bridgehead atoms. The Hall–Kier alpha value is -3.53. The van der Waals surface area contributed by atoms with Crippen LogP contribution in [0.1, 0.15) is 22.2 Å². The van der Waals surface area contributed by atoms with E-state index in [1.165, 1.54) is 6.07 Å². The van der Waals surface area contributed by atoms with E-state index in [9.17, 15) is 14.7 Å². The molecule has 2 amide bonds. The number of carboxylic acid groups (broad SMARTS) is 1. The fourth-order valence-electron chi connectivity index (χ4n) is 3.45. The number of anilines is 2. The summed E-state index contributed by atoms with van der Waals surface area (Å²) in [5.41, 5.74) is 2.23. The molecule has 1 aliphatic rings. The highest BCUT2D eigenvalue weighted by Gasteiger charge is 2.31. The van der Waals surface area contributed by atoms with Crippen LogP contribution in [0.25, 0.3) is 11.0 Å². The number of carbonyl (C=O) groups is 2. The number of carboxylic acids is 1. The van der Waals surface area contributed by atoms with E-state index in [0.29, 0.717) is 33.7 Å². The molecule has 0 aliphatic carbocycles. The number of hydrogen-bond donors (Lipinski definition) is 3. The topological polar surface area (TPSA) is 116 Å². The number of benzene rings is 2. The Bertz CT molecular complexity index is 1160. The molecule has 1 aliphatic heterocycles. The predicted molar refractivity (Wildman–Crippen MR) is 121 cm³/mol. The molecule has 31 heavy (non-hydrogen) atoms. The van der Waals surface area contributed by atoms with Crippen LogP contribution in [0.15, 0.2) is 52.0 Å². The summed E-state index contributed by atoms with van der Waals surface area (Å²) in [5, 5.41) is 21.5. The van der Waals surface area contributed by atoms with Gasteiger partial charge in [0, 0.05) is 35.6 Å². The maximum Gasteiger partial charge on any atom is 0.371 e. The third kappa shape index (κ3) is 4.19. The standard InChI is InChI=1S/C21H19BrN4O5/c1-26-18(16(22)10-23-26)15-9-13(7-11-8-17(20(27)28)31-19(11)15)25-21(29)24-12-3-5-14(30-2)6-4-12/h3-10,16,18H,1-2H3,(H,27,28)(H2,24,25,29). The summed E-state index contributed by atoms with van der Waals surface area (Å²) < 4.78 is 10.7. The average Bonchev–Trinajstić information content (AvgIpc) is 3.31. The van der Waals surface area contributed by atoms with Gasteiger partial charge in [0.25, 0.3) is 0 Å². The Balaban J connectivity index is 1.65. The zero-order valence-electron chi connectivity index (χ0n) is 16.6. The number of furan rings is 1. The van der Waals surface area contributed by atoms with Crippen molar-refractivity contribution in [3.63, 3.8) is 0 Å². The van der Waals surface area contributed by atoms with Crippen molar-refractivity contribution in [2.75, 3.05) is 24.8 Å². The number of aromatic carboxylic acids is 1. The number of nitrogens with zero attached hydrogens (tertiary/aromatic N) is 2. The molecule has 10 heteroatoms. The highest BCUT2D eigenvalue weighted by molar-refractivity contribution is 9.10. The Morgan fingerprint density at radius 3 is 2.48 bits per heavy atom. The summed E-state index contributed by atoms with van der Waals surface area (Å²) in [6, 6.07) is 11.1. The van der Waals surface area contributed by atoms with Gasteiger partial charge < -0.3 is 24.9 Å². The van der Waals surface area contributed by atoms with Gasteiger partial charge in [0.15, 0.2) is 0 Å². The van der Waals surface area contributed by atoms with E-state index in [4.69, 9.17) is 9.15 Å². The number of hydrazone groups is 1. The first-order chi connectivity index (χ1) is 14.9. The summed E-state index contributed by atoms with van der Waals surface area (Å²) in [6.07, 6.45) is 1.74. The maximum absolute atomic E-state index is 12.5. The number of urea groups is 1. The average molecular weight is 487 g/mol. The van der Waals surface area contributed by atoms with Gasteiger partial charge in [0.05, 0.1) is 18.0 Å². The number of hydrogen-bond acceptors (Lipinski definition) is 6. The molecule has 2 unspecified atom stereocenters. The van der Waals surface area contributed by atoms with E-state index in [0.717, 1.165) is 0 Å². The maximum atomic E-state index is 12.5. The summed E-state index contributed by atoms with van der Waals surface area (Å²) >= 11 is 3.58. The smallest absolute Gasteiger partial charge is 0.371 e. The van der Waals surface area contributed by atoms with Crippen LogP contribution in [0.2, 0.25) is 0 Å². The molecule has 3 aromatic rings. The normalized spacial score (nSPS) is 17.7. The molecular formula is C21H19BrN4O5. The van der Waals surface area contributed by atoms with Crippen LogP contribution in [0.3, 0.4) is 0 Å². The van der Waals surface area contributed by atoms with E-state index >= 15 is 0 Å². The summed E-state index contributed by atoms with van der Waals surface area (Å²) in [7, 11) is 3.38. The number of nitrogens with one attached hydrogen (secondary N) is 2.